The molecule has 0 saturated carbocycles. The number of phosphoric ester groups is 2. The molecule has 0 fully saturated rings. The lowest BCUT2D eigenvalue weighted by atomic mass is 10.1. The largest absolute Gasteiger partial charge is 0.472 e. The van der Waals surface area contributed by atoms with E-state index in [1.165, 1.54) is 103 Å². The van der Waals surface area contributed by atoms with Crippen molar-refractivity contribution >= 4 is 39.5 Å². The Morgan fingerprint density at radius 1 is 0.296 bits per heavy atom. The van der Waals surface area contributed by atoms with Crippen molar-refractivity contribution in [3.63, 3.8) is 0 Å². The van der Waals surface area contributed by atoms with Crippen molar-refractivity contribution in [2.75, 3.05) is 39.6 Å². The van der Waals surface area contributed by atoms with E-state index < -0.39 is 97.5 Å². The van der Waals surface area contributed by atoms with Gasteiger partial charge in [-0.2, -0.15) is 0 Å². The Balaban J connectivity index is 5.33. The van der Waals surface area contributed by atoms with Crippen LogP contribution in [0.3, 0.4) is 0 Å². The second-order valence-electron chi connectivity index (χ2n) is 25.9. The van der Waals surface area contributed by atoms with Gasteiger partial charge in [-0.25, -0.2) is 9.13 Å². The van der Waals surface area contributed by atoms with E-state index >= 15 is 0 Å². The molecule has 5 atom stereocenters. The van der Waals surface area contributed by atoms with Gasteiger partial charge < -0.3 is 33.8 Å². The first-order chi connectivity index (χ1) is 47.7. The molecule has 0 aromatic heterocycles. The van der Waals surface area contributed by atoms with Crippen LogP contribution in [0.15, 0.2) is 85.1 Å². The normalized spacial score (nSPS) is 14.4. The molecule has 0 rings (SSSR count). The fourth-order valence-corrected chi connectivity index (χ4v) is 12.0. The molecule has 0 bridgehead atoms. The minimum absolute atomic E-state index is 0.0783. The molecule has 0 amide bonds. The predicted molar refractivity (Wildman–Crippen MR) is 399 cm³/mol. The van der Waals surface area contributed by atoms with Gasteiger partial charge in [-0.05, 0) is 122 Å². The fourth-order valence-electron chi connectivity index (χ4n) is 10.4. The Kier molecular flexibility index (Phi) is 68.9. The molecule has 0 aromatic rings. The molecule has 0 aromatic carbocycles. The summed E-state index contributed by atoms with van der Waals surface area (Å²) in [6, 6.07) is 0. The number of hydrogen-bond acceptors (Lipinski definition) is 15. The Bertz CT molecular complexity index is 2190. The van der Waals surface area contributed by atoms with Crippen LogP contribution in [0.1, 0.15) is 336 Å². The molecule has 0 spiro atoms. The van der Waals surface area contributed by atoms with Gasteiger partial charge >= 0.3 is 39.5 Å². The molecule has 0 aliphatic heterocycles. The molecule has 3 N–H and O–H groups in total. The van der Waals surface area contributed by atoms with Crippen molar-refractivity contribution in [2.24, 2.45) is 0 Å². The van der Waals surface area contributed by atoms with Gasteiger partial charge in [0.2, 0.25) is 0 Å². The van der Waals surface area contributed by atoms with E-state index in [9.17, 15) is 43.2 Å². The van der Waals surface area contributed by atoms with Crippen LogP contribution in [0.4, 0.5) is 0 Å². The molecular weight excluding hydrogens is 1280 g/mol. The van der Waals surface area contributed by atoms with Gasteiger partial charge in [0, 0.05) is 25.7 Å². The standard InChI is InChI=1S/C79H140O17P2/c1-5-9-13-17-21-25-29-32-34-35-36-37-39-42-45-48-52-56-60-64-77(82)90-70-75(96-79(84)66-62-58-54-50-46-40-31-27-23-19-15-11-7-3)72-94-98(87,88)92-68-73(80)67-91-97(85,86)93-71-74(95-78(83)65-61-57-53-49-43-28-24-20-16-12-8-4)69-89-76(81)63-59-55-51-47-44-41-38-33-30-26-22-18-14-10-6-2/h9,13,21,25,27,31-34,36-38,42,45,73-75,80H,5-8,10-12,14-20,22-24,26,28-30,35,39-41,43-44,46-72H2,1-4H3,(H,85,86)(H,87,88)/b13-9-,25-21-,31-27-,34-32-,37-36-,38-33-,45-42-. The van der Waals surface area contributed by atoms with E-state index in [1.54, 1.807) is 0 Å². The average molecular weight is 1420 g/mol. The summed E-state index contributed by atoms with van der Waals surface area (Å²) in [6.07, 6.45) is 72.9. The summed E-state index contributed by atoms with van der Waals surface area (Å²) in [5.74, 6) is -2.21. The summed E-state index contributed by atoms with van der Waals surface area (Å²) in [4.78, 5) is 72.8. The number of aliphatic hydroxyl groups is 1. The van der Waals surface area contributed by atoms with E-state index in [2.05, 4.69) is 113 Å². The van der Waals surface area contributed by atoms with E-state index in [4.69, 9.17) is 37.0 Å². The number of allylic oxidation sites excluding steroid dienone is 14. The van der Waals surface area contributed by atoms with Gasteiger partial charge in [-0.3, -0.25) is 37.3 Å². The van der Waals surface area contributed by atoms with Crippen molar-refractivity contribution in [1.29, 1.82) is 0 Å². The number of phosphoric acid groups is 2. The lowest BCUT2D eigenvalue weighted by Crippen LogP contribution is -2.30. The SMILES string of the molecule is CC/C=C\C/C=C\C/C=C\C/C=C\C/C=C\CCCCCC(=O)OCC(COP(=O)(O)OCC(O)COP(=O)(O)OCC(COC(=O)CCCCCCC/C=C\CCCCCCCC)OC(=O)CCCCCCCCCCCCC)OC(=O)CCCCCCC/C=C\CCCCCC. The monoisotopic (exact) mass is 1420 g/mol. The topological polar surface area (TPSA) is 237 Å². The second kappa shape index (κ2) is 71.6. The molecule has 0 aliphatic rings. The molecule has 0 heterocycles. The molecule has 0 radical (unpaired) electrons. The molecule has 5 unspecified atom stereocenters. The van der Waals surface area contributed by atoms with Gasteiger partial charge in [0.1, 0.15) is 19.3 Å². The summed E-state index contributed by atoms with van der Waals surface area (Å²) in [7, 11) is -9.95. The number of unbranched alkanes of at least 4 members (excludes halogenated alkanes) is 33. The van der Waals surface area contributed by atoms with Crippen molar-refractivity contribution in [3.05, 3.63) is 85.1 Å². The Morgan fingerprint density at radius 3 is 0.847 bits per heavy atom. The Hall–Kier alpha value is -3.76. The molecule has 0 aliphatic carbocycles. The number of rotatable bonds is 73. The number of carbonyl (C=O) groups is 4. The highest BCUT2D eigenvalue weighted by Gasteiger charge is 2.30. The molecule has 0 saturated heterocycles. The maximum atomic E-state index is 13.1. The van der Waals surface area contributed by atoms with E-state index in [0.717, 1.165) is 154 Å². The lowest BCUT2D eigenvalue weighted by molar-refractivity contribution is -0.161. The summed E-state index contributed by atoms with van der Waals surface area (Å²) in [5, 5.41) is 10.6. The zero-order chi connectivity index (χ0) is 71.8. The van der Waals surface area contributed by atoms with Crippen LogP contribution >= 0.6 is 15.6 Å². The highest BCUT2D eigenvalue weighted by Crippen LogP contribution is 2.45. The highest BCUT2D eigenvalue weighted by atomic mass is 31.2. The van der Waals surface area contributed by atoms with E-state index in [0.29, 0.717) is 25.7 Å². The van der Waals surface area contributed by atoms with Crippen LogP contribution in [0.25, 0.3) is 0 Å². The molecule has 568 valence electrons. The predicted octanol–water partition coefficient (Wildman–Crippen LogP) is 22.2. The highest BCUT2D eigenvalue weighted by molar-refractivity contribution is 7.47. The Morgan fingerprint density at radius 2 is 0.531 bits per heavy atom. The quantitative estimate of drug-likeness (QED) is 0.0169. The first kappa shape index (κ1) is 94.2. The maximum Gasteiger partial charge on any atom is 0.472 e. The summed E-state index contributed by atoms with van der Waals surface area (Å²) >= 11 is 0. The molecular formula is C79H140O17P2. The minimum atomic E-state index is -4.98. The fraction of sp³-hybridized carbons (Fsp3) is 0.772. The van der Waals surface area contributed by atoms with Crippen LogP contribution in [0.2, 0.25) is 0 Å². The van der Waals surface area contributed by atoms with Crippen LogP contribution in [0.5, 0.6) is 0 Å². The van der Waals surface area contributed by atoms with Crippen molar-refractivity contribution in [1.82, 2.24) is 0 Å². The van der Waals surface area contributed by atoms with Crippen LogP contribution < -0.4 is 0 Å². The van der Waals surface area contributed by atoms with Crippen molar-refractivity contribution < 1.29 is 80.2 Å². The van der Waals surface area contributed by atoms with Crippen molar-refractivity contribution in [3.8, 4) is 0 Å². The minimum Gasteiger partial charge on any atom is -0.462 e. The van der Waals surface area contributed by atoms with Gasteiger partial charge in [0.25, 0.3) is 0 Å². The molecule has 19 heteroatoms. The smallest absolute Gasteiger partial charge is 0.462 e. The molecule has 17 nitrogen and oxygen atoms in total. The van der Waals surface area contributed by atoms with E-state index in [1.807, 2.05) is 0 Å². The lowest BCUT2D eigenvalue weighted by Gasteiger charge is -2.21. The van der Waals surface area contributed by atoms with Crippen LogP contribution in [-0.2, 0) is 65.4 Å². The van der Waals surface area contributed by atoms with Gasteiger partial charge in [0.15, 0.2) is 12.2 Å². The Labute approximate surface area is 595 Å². The first-order valence-corrected chi connectivity index (χ1v) is 41.8. The van der Waals surface area contributed by atoms with Crippen molar-refractivity contribution in [2.45, 2.75) is 354 Å². The van der Waals surface area contributed by atoms with Crippen LogP contribution in [-0.4, -0.2) is 96.7 Å². The summed E-state index contributed by atoms with van der Waals surface area (Å²) in [6.45, 7) is 4.71. The summed E-state index contributed by atoms with van der Waals surface area (Å²) in [5.41, 5.74) is 0. The van der Waals surface area contributed by atoms with Gasteiger partial charge in [-0.15, -0.1) is 0 Å². The summed E-state index contributed by atoms with van der Waals surface area (Å²) < 4.78 is 68.4. The third-order valence-electron chi connectivity index (χ3n) is 16.3. The zero-order valence-corrected chi connectivity index (χ0v) is 63.7. The molecule has 98 heavy (non-hydrogen) atoms. The number of hydrogen-bond donors (Lipinski definition) is 3. The number of ether oxygens (including phenoxy) is 4. The third kappa shape index (κ3) is 70.7. The maximum absolute atomic E-state index is 13.1. The van der Waals surface area contributed by atoms with Crippen LogP contribution in [0, 0.1) is 0 Å². The van der Waals surface area contributed by atoms with E-state index in [-0.39, 0.29) is 25.7 Å². The average Bonchev–Trinajstić information content (AvgIpc) is 0.972. The number of esters is 4. The zero-order valence-electron chi connectivity index (χ0n) is 62.0. The number of carbonyl (C=O) groups excluding carboxylic acids is 4. The van der Waals surface area contributed by atoms with Gasteiger partial charge in [0.05, 0.1) is 26.4 Å². The second-order valence-corrected chi connectivity index (χ2v) is 28.8. The first-order valence-electron chi connectivity index (χ1n) is 38.8. The van der Waals surface area contributed by atoms with Gasteiger partial charge in [-0.1, -0.05) is 273 Å². The number of aliphatic hydroxyl groups excluding tert-OH is 1. The third-order valence-corrected chi connectivity index (χ3v) is 18.2.